The minimum absolute atomic E-state index is 0.677. The highest BCUT2D eigenvalue weighted by Crippen LogP contribution is 2.18. The first-order valence-corrected chi connectivity index (χ1v) is 16.2. The molecule has 0 aliphatic carbocycles. The molecule has 0 heterocycles. The molecule has 1 radical (unpaired) electrons. The summed E-state index contributed by atoms with van der Waals surface area (Å²) < 4.78 is 18.1. The second-order valence-electron chi connectivity index (χ2n) is 5.08. The second kappa shape index (κ2) is 5.89. The summed E-state index contributed by atoms with van der Waals surface area (Å²) in [5.74, 6) is 0. The predicted molar refractivity (Wildman–Crippen MR) is 74.6 cm³/mol. The van der Waals surface area contributed by atoms with E-state index in [1.807, 2.05) is 0 Å². The molecule has 0 aliphatic heterocycles. The summed E-state index contributed by atoms with van der Waals surface area (Å²) in [5.41, 5.74) is 0. The molecule has 0 rings (SSSR count). The van der Waals surface area contributed by atoms with Crippen LogP contribution in [0.5, 0.6) is 0 Å². The molecule has 0 aromatic heterocycles. The summed E-state index contributed by atoms with van der Waals surface area (Å²) >= 11 is 0. The molecule has 0 aromatic carbocycles. The van der Waals surface area contributed by atoms with Gasteiger partial charge in [-0.25, -0.2) is 0 Å². The number of hydrogen-bond donors (Lipinski definition) is 0. The van der Waals surface area contributed by atoms with E-state index in [2.05, 4.69) is 52.4 Å². The van der Waals surface area contributed by atoms with Gasteiger partial charge in [0, 0.05) is 0 Å². The van der Waals surface area contributed by atoms with E-state index < -0.39 is 35.2 Å². The lowest BCUT2D eigenvalue weighted by Gasteiger charge is -2.35. The first-order valence-electron chi connectivity index (χ1n) is 5.41. The molecule has 0 saturated carbocycles. The summed E-state index contributed by atoms with van der Waals surface area (Å²) in [6.07, 6.45) is 0. The van der Waals surface area contributed by atoms with Crippen LogP contribution in [0.2, 0.25) is 52.4 Å². The summed E-state index contributed by atoms with van der Waals surface area (Å²) in [7, 11) is -5.60. The van der Waals surface area contributed by atoms with Gasteiger partial charge in [-0.15, -0.1) is 0 Å². The molecule has 15 heavy (non-hydrogen) atoms. The zero-order valence-electron chi connectivity index (χ0n) is 11.3. The fourth-order valence-electron chi connectivity index (χ4n) is 1.70. The van der Waals surface area contributed by atoms with Crippen molar-refractivity contribution in [2.45, 2.75) is 52.4 Å². The van der Waals surface area contributed by atoms with Crippen LogP contribution in [0.4, 0.5) is 0 Å². The normalized spacial score (nSPS) is 14.0. The van der Waals surface area contributed by atoms with Gasteiger partial charge in [0.25, 0.3) is 0 Å². The van der Waals surface area contributed by atoms with Crippen LogP contribution in [0.3, 0.4) is 0 Å². The van der Waals surface area contributed by atoms with Crippen LogP contribution < -0.4 is 0 Å². The van der Waals surface area contributed by atoms with Crippen molar-refractivity contribution in [3.05, 3.63) is 0 Å². The third-order valence-corrected chi connectivity index (χ3v) is 13.1. The molecule has 0 amide bonds. The van der Waals surface area contributed by atoms with Crippen LogP contribution in [0, 0.1) is 0 Å². The van der Waals surface area contributed by atoms with E-state index in [1.165, 1.54) is 0 Å². The highest BCUT2D eigenvalue weighted by atomic mass is 28.5. The quantitative estimate of drug-likeness (QED) is 0.701. The molecule has 3 nitrogen and oxygen atoms in total. The standard InChI is InChI=1S/C8H25O3Si4/c1-12(2)9-14(5,6)11-15(7,8)10-13(3)4/h12H,1-8H3. The van der Waals surface area contributed by atoms with Gasteiger partial charge in [0.2, 0.25) is 0 Å². The molecule has 0 bridgehead atoms. The Balaban J connectivity index is 4.29. The molecule has 91 valence electrons. The Bertz CT molecular complexity index is 174. The molecule has 0 aromatic rings. The zero-order valence-corrected chi connectivity index (χ0v) is 15.5. The van der Waals surface area contributed by atoms with Gasteiger partial charge in [0.05, 0.1) is 0 Å². The third kappa shape index (κ3) is 8.54. The minimum atomic E-state index is -1.96. The lowest BCUT2D eigenvalue weighted by molar-refractivity contribution is 0.340. The van der Waals surface area contributed by atoms with Crippen LogP contribution >= 0.6 is 0 Å². The van der Waals surface area contributed by atoms with E-state index in [4.69, 9.17) is 12.3 Å². The lowest BCUT2D eigenvalue weighted by atomic mass is 11.9. The average molecular weight is 282 g/mol. The number of rotatable bonds is 6. The zero-order chi connectivity index (χ0) is 12.3. The highest BCUT2D eigenvalue weighted by molar-refractivity contribution is 6.84. The van der Waals surface area contributed by atoms with Crippen molar-refractivity contribution in [3.63, 3.8) is 0 Å². The maximum atomic E-state index is 6.14. The van der Waals surface area contributed by atoms with Gasteiger partial charge in [-0.2, -0.15) is 0 Å². The molecule has 0 aliphatic rings. The SMILES string of the molecule is C[Si](C)O[Si](C)(C)O[Si](C)(C)O[SiH](C)C. The Kier molecular flexibility index (Phi) is 6.19. The molecule has 0 unspecified atom stereocenters. The van der Waals surface area contributed by atoms with E-state index in [-0.39, 0.29) is 0 Å². The van der Waals surface area contributed by atoms with Crippen LogP contribution in [-0.4, -0.2) is 35.2 Å². The van der Waals surface area contributed by atoms with Gasteiger partial charge in [-0.1, -0.05) is 0 Å². The summed E-state index contributed by atoms with van der Waals surface area (Å²) in [5, 5.41) is 0. The van der Waals surface area contributed by atoms with Crippen LogP contribution in [0.15, 0.2) is 0 Å². The molecule has 7 heteroatoms. The lowest BCUT2D eigenvalue weighted by Crippen LogP contribution is -2.51. The first-order chi connectivity index (χ1) is 6.54. The fraction of sp³-hybridized carbons (Fsp3) is 1.00. The highest BCUT2D eigenvalue weighted by Gasteiger charge is 2.37. The van der Waals surface area contributed by atoms with Crippen molar-refractivity contribution in [1.29, 1.82) is 0 Å². The molecule has 0 fully saturated rings. The topological polar surface area (TPSA) is 27.7 Å². The van der Waals surface area contributed by atoms with E-state index in [1.54, 1.807) is 0 Å². The van der Waals surface area contributed by atoms with Crippen molar-refractivity contribution in [3.8, 4) is 0 Å². The molecule has 0 spiro atoms. The van der Waals surface area contributed by atoms with Gasteiger partial charge >= 0.3 is 17.1 Å². The third-order valence-electron chi connectivity index (χ3n) is 1.46. The fourth-order valence-corrected chi connectivity index (χ4v) is 16.1. The maximum absolute atomic E-state index is 6.14. The van der Waals surface area contributed by atoms with Gasteiger partial charge in [0.15, 0.2) is 18.1 Å². The van der Waals surface area contributed by atoms with Crippen LogP contribution in [0.25, 0.3) is 0 Å². The van der Waals surface area contributed by atoms with Crippen molar-refractivity contribution >= 4 is 35.2 Å². The van der Waals surface area contributed by atoms with Crippen molar-refractivity contribution in [1.82, 2.24) is 0 Å². The predicted octanol–water partition coefficient (Wildman–Crippen LogP) is 2.67. The van der Waals surface area contributed by atoms with Crippen molar-refractivity contribution in [2.75, 3.05) is 0 Å². The van der Waals surface area contributed by atoms with Gasteiger partial charge < -0.3 is 12.3 Å². The van der Waals surface area contributed by atoms with E-state index in [0.29, 0.717) is 0 Å². The second-order valence-corrected chi connectivity index (χ2v) is 17.2. The van der Waals surface area contributed by atoms with Crippen molar-refractivity contribution < 1.29 is 12.3 Å². The Labute approximate surface area is 100 Å². The Hall–Kier alpha value is 0.748. The molecule has 0 atom stereocenters. The molecule has 0 N–H and O–H groups in total. The average Bonchev–Trinajstić information content (AvgIpc) is 1.73. The molecular formula is C8H25O3Si4. The van der Waals surface area contributed by atoms with E-state index >= 15 is 0 Å². The Morgan fingerprint density at radius 2 is 1.40 bits per heavy atom. The number of hydrogen-bond acceptors (Lipinski definition) is 3. The van der Waals surface area contributed by atoms with Gasteiger partial charge in [0.1, 0.15) is 0 Å². The summed E-state index contributed by atoms with van der Waals surface area (Å²) in [6.45, 7) is 17.1. The minimum Gasteiger partial charge on any atom is -0.440 e. The van der Waals surface area contributed by atoms with Crippen LogP contribution in [-0.2, 0) is 12.3 Å². The monoisotopic (exact) mass is 281 g/mol. The van der Waals surface area contributed by atoms with E-state index in [9.17, 15) is 0 Å². The smallest absolute Gasteiger partial charge is 0.312 e. The van der Waals surface area contributed by atoms with E-state index in [0.717, 1.165) is 0 Å². The van der Waals surface area contributed by atoms with Gasteiger partial charge in [-0.05, 0) is 52.4 Å². The van der Waals surface area contributed by atoms with Crippen LogP contribution in [0.1, 0.15) is 0 Å². The first kappa shape index (κ1) is 15.7. The molecule has 0 saturated heterocycles. The molecular weight excluding hydrogens is 256 g/mol. The largest absolute Gasteiger partial charge is 0.440 e. The summed E-state index contributed by atoms with van der Waals surface area (Å²) in [4.78, 5) is 0. The Morgan fingerprint density at radius 3 is 1.73 bits per heavy atom. The Morgan fingerprint density at radius 1 is 0.933 bits per heavy atom. The summed E-state index contributed by atoms with van der Waals surface area (Å²) in [6, 6.07) is 0. The van der Waals surface area contributed by atoms with Gasteiger partial charge in [-0.3, -0.25) is 0 Å². The maximum Gasteiger partial charge on any atom is 0.312 e. The van der Waals surface area contributed by atoms with Crippen molar-refractivity contribution in [2.24, 2.45) is 0 Å².